The van der Waals surface area contributed by atoms with Crippen LogP contribution in [-0.4, -0.2) is 41.9 Å². The van der Waals surface area contributed by atoms with Gasteiger partial charge in [0, 0.05) is 17.6 Å². The van der Waals surface area contributed by atoms with Gasteiger partial charge in [-0.3, -0.25) is 4.79 Å². The van der Waals surface area contributed by atoms with E-state index in [-0.39, 0.29) is 16.9 Å². The third-order valence-corrected chi connectivity index (χ3v) is 8.71. The standard InChI is InChI=1S/C29H29N7O3/c37-26(38)21-4-6-22(7-5-21)32-28-31-16-24-25(33-28)36(35-34-24)23-3-1-2-17(11-23)15-30-27(39)29-12-18-8-19(13-29)10-20(9-18)14-29/h1-7,11,16,18-20H,8-10,12-15H2,(H,30,39)(H,37,38)(H,31,32,33). The molecule has 10 nitrogen and oxygen atoms in total. The minimum absolute atomic E-state index is 0.164. The molecular weight excluding hydrogens is 494 g/mol. The summed E-state index contributed by atoms with van der Waals surface area (Å²) in [6.45, 7) is 0.467. The second kappa shape index (κ2) is 9.14. The Balaban J connectivity index is 1.08. The van der Waals surface area contributed by atoms with Crippen molar-refractivity contribution in [3.05, 3.63) is 65.9 Å². The van der Waals surface area contributed by atoms with E-state index in [2.05, 4.69) is 30.9 Å². The molecule has 0 saturated heterocycles. The molecule has 4 bridgehead atoms. The summed E-state index contributed by atoms with van der Waals surface area (Å²) in [7, 11) is 0. The van der Waals surface area contributed by atoms with E-state index in [0.29, 0.717) is 29.3 Å². The molecule has 39 heavy (non-hydrogen) atoms. The van der Waals surface area contributed by atoms with Gasteiger partial charge in [0.15, 0.2) is 11.2 Å². The minimum atomic E-state index is -0.983. The lowest BCUT2D eigenvalue weighted by Crippen LogP contribution is -2.53. The van der Waals surface area contributed by atoms with Crippen molar-refractivity contribution in [2.24, 2.45) is 23.2 Å². The number of carboxylic acids is 1. The van der Waals surface area contributed by atoms with Crippen molar-refractivity contribution in [1.82, 2.24) is 30.3 Å². The van der Waals surface area contributed by atoms with Gasteiger partial charge < -0.3 is 15.7 Å². The highest BCUT2D eigenvalue weighted by atomic mass is 16.4. The largest absolute Gasteiger partial charge is 0.478 e. The van der Waals surface area contributed by atoms with Crippen LogP contribution in [-0.2, 0) is 11.3 Å². The van der Waals surface area contributed by atoms with Crippen molar-refractivity contribution in [2.45, 2.75) is 45.1 Å². The third kappa shape index (κ3) is 4.39. The van der Waals surface area contributed by atoms with E-state index in [0.717, 1.165) is 48.3 Å². The van der Waals surface area contributed by atoms with Crippen molar-refractivity contribution in [2.75, 3.05) is 5.32 Å². The second-order valence-electron chi connectivity index (χ2n) is 11.5. The van der Waals surface area contributed by atoms with E-state index >= 15 is 0 Å². The summed E-state index contributed by atoms with van der Waals surface area (Å²) in [5.41, 5.74) is 3.55. The molecule has 4 saturated carbocycles. The van der Waals surface area contributed by atoms with Crippen LogP contribution in [0.15, 0.2) is 54.7 Å². The number of amides is 1. The Morgan fingerprint density at radius 3 is 2.41 bits per heavy atom. The molecule has 0 aliphatic heterocycles. The quantitative estimate of drug-likeness (QED) is 0.323. The molecule has 4 aromatic rings. The van der Waals surface area contributed by atoms with Gasteiger partial charge in [-0.2, -0.15) is 9.67 Å². The number of hydrogen-bond acceptors (Lipinski definition) is 7. The summed E-state index contributed by atoms with van der Waals surface area (Å²) in [6, 6.07) is 14.2. The predicted octanol–water partition coefficient (Wildman–Crippen LogP) is 4.48. The highest BCUT2D eigenvalue weighted by Crippen LogP contribution is 2.60. The smallest absolute Gasteiger partial charge is 0.335 e. The van der Waals surface area contributed by atoms with Crippen LogP contribution in [0.2, 0.25) is 0 Å². The molecular formula is C29H29N7O3. The first-order chi connectivity index (χ1) is 18.9. The van der Waals surface area contributed by atoms with Gasteiger partial charge in [0.25, 0.3) is 0 Å². The van der Waals surface area contributed by atoms with E-state index < -0.39 is 5.97 Å². The Hall–Kier alpha value is -4.34. The zero-order valence-corrected chi connectivity index (χ0v) is 21.4. The average Bonchev–Trinajstić information content (AvgIpc) is 3.35. The summed E-state index contributed by atoms with van der Waals surface area (Å²) in [5.74, 6) is 1.78. The number of benzene rings is 2. The van der Waals surface area contributed by atoms with Gasteiger partial charge in [0.1, 0.15) is 0 Å². The third-order valence-electron chi connectivity index (χ3n) is 8.71. The van der Waals surface area contributed by atoms with Gasteiger partial charge in [-0.25, -0.2) is 9.78 Å². The van der Waals surface area contributed by atoms with Crippen molar-refractivity contribution in [3.8, 4) is 5.69 Å². The molecule has 1 amide bonds. The summed E-state index contributed by atoms with van der Waals surface area (Å²) in [4.78, 5) is 33.4. The lowest BCUT2D eigenvalue weighted by molar-refractivity contribution is -0.146. The first-order valence-electron chi connectivity index (χ1n) is 13.5. The monoisotopic (exact) mass is 523 g/mol. The number of rotatable bonds is 7. The molecule has 8 rings (SSSR count). The van der Waals surface area contributed by atoms with Gasteiger partial charge in [-0.1, -0.05) is 17.3 Å². The molecule has 3 N–H and O–H groups in total. The molecule has 4 fully saturated rings. The van der Waals surface area contributed by atoms with E-state index in [1.807, 2.05) is 24.3 Å². The first kappa shape index (κ1) is 23.8. The maximum atomic E-state index is 13.4. The molecule has 0 unspecified atom stereocenters. The number of nitrogens with one attached hydrogen (secondary N) is 2. The van der Waals surface area contributed by atoms with Crippen LogP contribution in [0.4, 0.5) is 11.6 Å². The Labute approximate surface area is 224 Å². The molecule has 2 aromatic heterocycles. The number of nitrogens with zero attached hydrogens (tertiary/aromatic N) is 5. The molecule has 0 spiro atoms. The van der Waals surface area contributed by atoms with Crippen LogP contribution >= 0.6 is 0 Å². The van der Waals surface area contributed by atoms with Crippen molar-refractivity contribution in [1.29, 1.82) is 0 Å². The summed E-state index contributed by atoms with van der Waals surface area (Å²) in [6.07, 6.45) is 8.70. The second-order valence-corrected chi connectivity index (χ2v) is 11.5. The van der Waals surface area contributed by atoms with Crippen LogP contribution in [0.3, 0.4) is 0 Å². The van der Waals surface area contributed by atoms with Crippen molar-refractivity contribution < 1.29 is 14.7 Å². The van der Waals surface area contributed by atoms with Gasteiger partial charge in [-0.15, -0.1) is 5.10 Å². The highest BCUT2D eigenvalue weighted by molar-refractivity contribution is 5.88. The summed E-state index contributed by atoms with van der Waals surface area (Å²) < 4.78 is 1.65. The van der Waals surface area contributed by atoms with Crippen LogP contribution in [0, 0.1) is 23.2 Å². The Bertz CT molecular complexity index is 1540. The lowest BCUT2D eigenvalue weighted by atomic mass is 9.49. The number of anilines is 2. The van der Waals surface area contributed by atoms with Crippen LogP contribution in [0.25, 0.3) is 16.9 Å². The number of aromatic carboxylic acids is 1. The van der Waals surface area contributed by atoms with Crippen LogP contribution < -0.4 is 10.6 Å². The summed E-state index contributed by atoms with van der Waals surface area (Å²) in [5, 5.41) is 24.0. The Morgan fingerprint density at radius 1 is 1.00 bits per heavy atom. The van der Waals surface area contributed by atoms with Crippen molar-refractivity contribution in [3.63, 3.8) is 0 Å². The SMILES string of the molecule is O=C(O)c1ccc(Nc2ncc3nnn(-c4cccc(CNC(=O)C56CC7CC(CC(C7)C5)C6)c4)c3n2)cc1. The normalized spacial score (nSPS) is 25.1. The Morgan fingerprint density at radius 2 is 1.72 bits per heavy atom. The minimum Gasteiger partial charge on any atom is -0.478 e. The number of hydrogen-bond donors (Lipinski definition) is 3. The van der Waals surface area contributed by atoms with Gasteiger partial charge in [-0.05, 0) is 98.2 Å². The molecule has 0 radical (unpaired) electrons. The molecule has 2 heterocycles. The van der Waals surface area contributed by atoms with E-state index in [1.165, 1.54) is 31.4 Å². The topological polar surface area (TPSA) is 135 Å². The molecule has 0 atom stereocenters. The first-order valence-corrected chi connectivity index (χ1v) is 13.5. The van der Waals surface area contributed by atoms with Gasteiger partial charge in [0.2, 0.25) is 11.9 Å². The number of fused-ring (bicyclic) bond motifs is 1. The number of aromatic nitrogens is 5. The van der Waals surface area contributed by atoms with Gasteiger partial charge >= 0.3 is 5.97 Å². The van der Waals surface area contributed by atoms with Crippen molar-refractivity contribution >= 4 is 34.7 Å². The highest BCUT2D eigenvalue weighted by Gasteiger charge is 2.54. The number of carbonyl (C=O) groups is 2. The molecule has 10 heteroatoms. The fourth-order valence-corrected chi connectivity index (χ4v) is 7.34. The molecule has 4 aliphatic rings. The van der Waals surface area contributed by atoms with Gasteiger partial charge in [0.05, 0.1) is 17.4 Å². The molecule has 4 aliphatic carbocycles. The number of carboxylic acid groups (broad SMARTS) is 1. The van der Waals surface area contributed by atoms with E-state index in [4.69, 9.17) is 5.11 Å². The summed E-state index contributed by atoms with van der Waals surface area (Å²) >= 11 is 0. The molecule has 2 aromatic carbocycles. The van der Waals surface area contributed by atoms with Crippen LogP contribution in [0.5, 0.6) is 0 Å². The van der Waals surface area contributed by atoms with E-state index in [1.54, 1.807) is 23.0 Å². The zero-order valence-electron chi connectivity index (χ0n) is 21.4. The van der Waals surface area contributed by atoms with Crippen LogP contribution in [0.1, 0.15) is 54.4 Å². The fourth-order valence-electron chi connectivity index (χ4n) is 7.34. The van der Waals surface area contributed by atoms with E-state index in [9.17, 15) is 9.59 Å². The average molecular weight is 524 g/mol. The maximum absolute atomic E-state index is 13.4. The predicted molar refractivity (Wildman–Crippen MR) is 144 cm³/mol. The molecule has 198 valence electrons. The Kier molecular flexibility index (Phi) is 5.57. The lowest BCUT2D eigenvalue weighted by Gasteiger charge is -2.55. The number of carbonyl (C=O) groups excluding carboxylic acids is 1. The maximum Gasteiger partial charge on any atom is 0.335 e. The zero-order chi connectivity index (χ0) is 26.6. The fraction of sp³-hybridized carbons (Fsp3) is 0.379.